The zero-order chi connectivity index (χ0) is 4.50. The molecular weight excluding hydrogens is 149 g/mol. The third kappa shape index (κ3) is 37000. The molecule has 0 aromatic heterocycles. The Morgan fingerprint density at radius 2 is 1.20 bits per heavy atom. The first kappa shape index (κ1) is 4.98. The Balaban J connectivity index is 4.06. The normalized spacial score (nSPS) is 11.6. The van der Waals surface area contributed by atoms with Crippen LogP contribution in [0.25, 0.3) is 0 Å². The average Bonchev–Trinajstić information content (AvgIpc) is 0.722. The molecule has 2 nitrogen and oxygen atoms in total. The van der Waals surface area contributed by atoms with Gasteiger partial charge in [-0.25, -0.2) is 0 Å². The molecule has 0 unspecified atom stereocenters. The first-order chi connectivity index (χ1) is 2.00. The SMILES string of the molecule is O=[Se](=O)(F)F. The van der Waals surface area contributed by atoms with Gasteiger partial charge in [0.1, 0.15) is 0 Å². The molecule has 0 saturated carbocycles. The summed E-state index contributed by atoms with van der Waals surface area (Å²) in [4.78, 5) is 0. The Bertz CT molecular complexity index is 90.8. The van der Waals surface area contributed by atoms with Crippen LogP contribution in [0.15, 0.2) is 0 Å². The second-order valence-corrected chi connectivity index (χ2v) is 1.97. The van der Waals surface area contributed by atoms with Crippen molar-refractivity contribution >= 4 is 13.6 Å². The zero-order valence-electron chi connectivity index (χ0n) is 1.98. The Kier molecular flexibility index (Phi) is 0.984. The van der Waals surface area contributed by atoms with Crippen LogP contribution >= 0.6 is 0 Å². The summed E-state index contributed by atoms with van der Waals surface area (Å²) in [5.74, 6) is 0. The Morgan fingerprint density at radius 3 is 1.20 bits per heavy atom. The van der Waals surface area contributed by atoms with E-state index in [2.05, 4.69) is 0 Å². The van der Waals surface area contributed by atoms with E-state index in [4.69, 9.17) is 7.67 Å². The van der Waals surface area contributed by atoms with Gasteiger partial charge in [0, 0.05) is 0 Å². The van der Waals surface area contributed by atoms with Crippen molar-refractivity contribution in [3.8, 4) is 0 Å². The van der Waals surface area contributed by atoms with E-state index >= 15 is 0 Å². The van der Waals surface area contributed by atoms with Crippen LogP contribution in [0.5, 0.6) is 0 Å². The van der Waals surface area contributed by atoms with E-state index in [1.54, 1.807) is 0 Å². The molecule has 32 valence electrons. The standard InChI is InChI=1S/F2O2Se/c1-5(2,3)4. The van der Waals surface area contributed by atoms with E-state index in [0.29, 0.717) is 0 Å². The molecule has 0 fully saturated rings. The number of hydrogen-bond donors (Lipinski definition) is 0. The minimum atomic E-state index is -6.25. The monoisotopic (exact) mass is 150 g/mol. The van der Waals surface area contributed by atoms with Crippen molar-refractivity contribution in [2.24, 2.45) is 0 Å². The average molecular weight is 149 g/mol. The van der Waals surface area contributed by atoms with Crippen molar-refractivity contribution < 1.29 is 14.8 Å². The van der Waals surface area contributed by atoms with Crippen molar-refractivity contribution in [1.82, 2.24) is 0 Å². The van der Waals surface area contributed by atoms with E-state index in [1.807, 2.05) is 0 Å². The molecule has 0 spiro atoms. The zero-order valence-corrected chi connectivity index (χ0v) is 3.69. The summed E-state index contributed by atoms with van der Waals surface area (Å²) in [6, 6.07) is 0. The molecule has 5 heteroatoms. The topological polar surface area (TPSA) is 34.1 Å². The fourth-order valence-electron chi connectivity index (χ4n) is 0. The van der Waals surface area contributed by atoms with E-state index in [9.17, 15) is 7.10 Å². The van der Waals surface area contributed by atoms with Crippen molar-refractivity contribution in [3.05, 3.63) is 0 Å². The summed E-state index contributed by atoms with van der Waals surface area (Å²) in [7, 11) is 0. The van der Waals surface area contributed by atoms with Gasteiger partial charge in [0.05, 0.1) is 0 Å². The van der Waals surface area contributed by atoms with Crippen molar-refractivity contribution in [2.75, 3.05) is 0 Å². The molecule has 0 aliphatic heterocycles. The van der Waals surface area contributed by atoms with Gasteiger partial charge in [-0.15, -0.1) is 0 Å². The van der Waals surface area contributed by atoms with Gasteiger partial charge in [-0.05, 0) is 0 Å². The molecule has 0 aliphatic rings. The molecule has 0 atom stereocenters. The van der Waals surface area contributed by atoms with Gasteiger partial charge in [-0.1, -0.05) is 0 Å². The molecule has 5 heavy (non-hydrogen) atoms. The summed E-state index contributed by atoms with van der Waals surface area (Å²) < 4.78 is 36.9. The first-order valence-corrected chi connectivity index (χ1v) is 3.34. The van der Waals surface area contributed by atoms with Gasteiger partial charge < -0.3 is 0 Å². The van der Waals surface area contributed by atoms with Gasteiger partial charge >= 0.3 is 28.4 Å². The van der Waals surface area contributed by atoms with Crippen LogP contribution in [0.1, 0.15) is 0 Å². The minimum absolute atomic E-state index is 6.25. The van der Waals surface area contributed by atoms with Crippen LogP contribution in [0.4, 0.5) is 7.10 Å². The van der Waals surface area contributed by atoms with E-state index in [0.717, 1.165) is 0 Å². The second-order valence-electron chi connectivity index (χ2n) is 0.378. The van der Waals surface area contributed by atoms with E-state index in [-0.39, 0.29) is 0 Å². The van der Waals surface area contributed by atoms with Crippen molar-refractivity contribution in [1.29, 1.82) is 0 Å². The Labute approximate surface area is 29.3 Å². The van der Waals surface area contributed by atoms with Crippen LogP contribution in [-0.4, -0.2) is 13.6 Å². The molecular formula is F2O2Se. The van der Waals surface area contributed by atoms with Crippen LogP contribution < -0.4 is 0 Å². The molecule has 0 rings (SSSR count). The molecule has 0 saturated heterocycles. The van der Waals surface area contributed by atoms with E-state index < -0.39 is 13.6 Å². The maximum absolute atomic E-state index is 10.1. The van der Waals surface area contributed by atoms with Gasteiger partial charge in [0.2, 0.25) is 0 Å². The molecule has 0 radical (unpaired) electrons. The van der Waals surface area contributed by atoms with Gasteiger partial charge in [0.25, 0.3) is 0 Å². The van der Waals surface area contributed by atoms with Gasteiger partial charge in [-0.3, -0.25) is 0 Å². The predicted octanol–water partition coefficient (Wildman–Crippen LogP) is 0.222. The molecule has 0 amide bonds. The Morgan fingerprint density at radius 1 is 1.20 bits per heavy atom. The fraction of sp³-hybridized carbons (Fsp3) is 0. The second kappa shape index (κ2) is 0.988. The molecule has 0 aromatic rings. The first-order valence-electron chi connectivity index (χ1n) is 0.642. The quantitative estimate of drug-likeness (QED) is 0.461. The van der Waals surface area contributed by atoms with Crippen LogP contribution in [0.2, 0.25) is 0 Å². The van der Waals surface area contributed by atoms with Crippen LogP contribution in [0.3, 0.4) is 0 Å². The van der Waals surface area contributed by atoms with Crippen molar-refractivity contribution in [3.63, 3.8) is 0 Å². The number of halogens is 2. The molecule has 0 aromatic carbocycles. The summed E-state index contributed by atoms with van der Waals surface area (Å²) in [6.07, 6.45) is 0. The van der Waals surface area contributed by atoms with Crippen LogP contribution in [0, 0.1) is 0 Å². The number of hydrogen-bond acceptors (Lipinski definition) is 2. The van der Waals surface area contributed by atoms with Crippen LogP contribution in [-0.2, 0) is 7.67 Å². The van der Waals surface area contributed by atoms with Crippen molar-refractivity contribution in [2.45, 2.75) is 0 Å². The molecule has 0 N–H and O–H groups in total. The van der Waals surface area contributed by atoms with Gasteiger partial charge in [-0.2, -0.15) is 0 Å². The third-order valence-electron chi connectivity index (χ3n) is 0. The van der Waals surface area contributed by atoms with E-state index in [1.165, 1.54) is 0 Å². The molecule has 0 aliphatic carbocycles. The summed E-state index contributed by atoms with van der Waals surface area (Å²) in [6.45, 7) is 0. The molecule has 0 bridgehead atoms. The molecule has 0 heterocycles. The van der Waals surface area contributed by atoms with Gasteiger partial charge in [0.15, 0.2) is 0 Å². The summed E-state index contributed by atoms with van der Waals surface area (Å²) >= 11 is -6.25. The maximum atomic E-state index is 10.1. The Hall–Kier alpha value is -0.0205. The number of rotatable bonds is 0. The predicted molar refractivity (Wildman–Crippen MR) is 9.34 cm³/mol. The third-order valence-corrected chi connectivity index (χ3v) is 0. The summed E-state index contributed by atoms with van der Waals surface area (Å²) in [5.41, 5.74) is 0. The fourth-order valence-corrected chi connectivity index (χ4v) is 0. The summed E-state index contributed by atoms with van der Waals surface area (Å²) in [5, 5.41) is 0.